The largest absolute Gasteiger partial charge is 0.465 e. The van der Waals surface area contributed by atoms with Crippen molar-refractivity contribution < 1.29 is 14.3 Å². The fourth-order valence-electron chi connectivity index (χ4n) is 2.91. The first-order valence-electron chi connectivity index (χ1n) is 7.47. The van der Waals surface area contributed by atoms with Gasteiger partial charge < -0.3 is 4.74 Å². The number of carbonyl (C=O) groups is 2. The number of esters is 1. The molecule has 0 amide bonds. The van der Waals surface area contributed by atoms with Crippen molar-refractivity contribution in [3.8, 4) is 11.8 Å². The quantitative estimate of drug-likeness (QED) is 0.789. The lowest BCUT2D eigenvalue weighted by atomic mass is 9.93. The lowest BCUT2D eigenvalue weighted by Crippen LogP contribution is -2.29. The van der Waals surface area contributed by atoms with E-state index in [2.05, 4.69) is 4.74 Å². The van der Waals surface area contributed by atoms with Gasteiger partial charge in [-0.2, -0.15) is 5.26 Å². The molecule has 1 aliphatic rings. The number of nitrogens with zero attached hydrogens (tertiary/aromatic N) is 2. The van der Waals surface area contributed by atoms with E-state index in [1.807, 2.05) is 6.07 Å². The maximum Gasteiger partial charge on any atom is 0.337 e. The van der Waals surface area contributed by atoms with Crippen LogP contribution in [0.1, 0.15) is 44.8 Å². The van der Waals surface area contributed by atoms with Gasteiger partial charge in [-0.1, -0.05) is 0 Å². The summed E-state index contributed by atoms with van der Waals surface area (Å²) in [5.41, 5.74) is 1.37. The molecule has 0 bridgehead atoms. The first-order chi connectivity index (χ1) is 11.6. The molecule has 1 aromatic heterocycles. The van der Waals surface area contributed by atoms with Gasteiger partial charge in [0.25, 0.3) is 5.56 Å². The molecule has 0 fully saturated rings. The summed E-state index contributed by atoms with van der Waals surface area (Å²) in [7, 11) is 1.29. The number of ether oxygens (including phenoxy) is 1. The minimum atomic E-state index is -0.475. The SMILES string of the molecule is COC(=O)c1ccc(-n2c3c(cc(C#N)c2=O)C(=O)CCC3)cc1. The molecule has 0 saturated heterocycles. The van der Waals surface area contributed by atoms with Crippen LogP contribution >= 0.6 is 0 Å². The summed E-state index contributed by atoms with van der Waals surface area (Å²) in [5.74, 6) is -0.537. The Kier molecular flexibility index (Phi) is 4.00. The van der Waals surface area contributed by atoms with Crippen LogP contribution in [0.5, 0.6) is 0 Å². The van der Waals surface area contributed by atoms with Crippen molar-refractivity contribution in [2.24, 2.45) is 0 Å². The normalized spacial score (nSPS) is 13.1. The highest BCUT2D eigenvalue weighted by Gasteiger charge is 2.24. The minimum absolute atomic E-state index is 0.0623. The van der Waals surface area contributed by atoms with Gasteiger partial charge in [0.15, 0.2) is 5.78 Å². The van der Waals surface area contributed by atoms with Crippen molar-refractivity contribution >= 4 is 11.8 Å². The number of hydrogen-bond acceptors (Lipinski definition) is 5. The standard InChI is InChI=1S/C18H14N2O4/c1-24-18(23)11-5-7-13(8-6-11)20-15-3-2-4-16(21)14(15)9-12(10-19)17(20)22/h5-9H,2-4H2,1H3. The summed E-state index contributed by atoms with van der Waals surface area (Å²) in [6.45, 7) is 0. The van der Waals surface area contributed by atoms with Crippen molar-refractivity contribution in [1.82, 2.24) is 4.57 Å². The Morgan fingerprint density at radius 3 is 2.54 bits per heavy atom. The lowest BCUT2D eigenvalue weighted by Gasteiger charge is -2.20. The molecule has 24 heavy (non-hydrogen) atoms. The second kappa shape index (κ2) is 6.13. The summed E-state index contributed by atoms with van der Waals surface area (Å²) >= 11 is 0. The van der Waals surface area contributed by atoms with E-state index in [9.17, 15) is 19.6 Å². The Hall–Kier alpha value is -3.20. The molecule has 0 atom stereocenters. The minimum Gasteiger partial charge on any atom is -0.465 e. The Bertz CT molecular complexity index is 933. The zero-order chi connectivity index (χ0) is 17.3. The average molecular weight is 322 g/mol. The molecule has 1 heterocycles. The molecule has 0 spiro atoms. The second-order valence-corrected chi connectivity index (χ2v) is 5.49. The van der Waals surface area contributed by atoms with Gasteiger partial charge >= 0.3 is 5.97 Å². The predicted molar refractivity (Wildman–Crippen MR) is 85.4 cm³/mol. The van der Waals surface area contributed by atoms with Crippen LogP contribution in [0.3, 0.4) is 0 Å². The Morgan fingerprint density at radius 1 is 1.21 bits per heavy atom. The van der Waals surface area contributed by atoms with E-state index in [4.69, 9.17) is 0 Å². The molecule has 0 N–H and O–H groups in total. The molecule has 0 unspecified atom stereocenters. The third kappa shape index (κ3) is 2.50. The number of Topliss-reactive ketones (excluding diaryl/α,β-unsaturated/α-hetero) is 1. The van der Waals surface area contributed by atoms with Crippen molar-refractivity contribution in [3.05, 3.63) is 63.1 Å². The van der Waals surface area contributed by atoms with Gasteiger partial charge in [0.2, 0.25) is 0 Å². The summed E-state index contributed by atoms with van der Waals surface area (Å²) in [5, 5.41) is 9.19. The molecular formula is C18H14N2O4. The van der Waals surface area contributed by atoms with E-state index in [1.165, 1.54) is 17.7 Å². The first-order valence-corrected chi connectivity index (χ1v) is 7.47. The third-order valence-corrected chi connectivity index (χ3v) is 4.09. The van der Waals surface area contributed by atoms with Gasteiger partial charge in [-0.3, -0.25) is 14.2 Å². The molecule has 1 aromatic carbocycles. The first kappa shape index (κ1) is 15.7. The number of rotatable bonds is 2. The van der Waals surface area contributed by atoms with Crippen LogP contribution in [0.25, 0.3) is 5.69 Å². The van der Waals surface area contributed by atoms with E-state index in [0.717, 1.165) is 0 Å². The van der Waals surface area contributed by atoms with Crippen LogP contribution in [-0.4, -0.2) is 23.4 Å². The molecular weight excluding hydrogens is 308 g/mol. The Morgan fingerprint density at radius 2 is 1.92 bits per heavy atom. The number of aromatic nitrogens is 1. The van der Waals surface area contributed by atoms with Crippen LogP contribution in [0.15, 0.2) is 35.1 Å². The van der Waals surface area contributed by atoms with Crippen LogP contribution in [0.4, 0.5) is 0 Å². The molecule has 120 valence electrons. The molecule has 6 heteroatoms. The Labute approximate surface area is 137 Å². The number of nitriles is 1. The fraction of sp³-hybridized carbons (Fsp3) is 0.222. The van der Waals surface area contributed by atoms with Crippen LogP contribution in [0, 0.1) is 11.3 Å². The fourth-order valence-corrected chi connectivity index (χ4v) is 2.91. The maximum atomic E-state index is 12.6. The molecule has 1 aliphatic carbocycles. The molecule has 0 saturated carbocycles. The zero-order valence-electron chi connectivity index (χ0n) is 13.0. The van der Waals surface area contributed by atoms with E-state index in [-0.39, 0.29) is 11.3 Å². The summed E-state index contributed by atoms with van der Waals surface area (Å²) in [4.78, 5) is 36.3. The van der Waals surface area contributed by atoms with E-state index in [1.54, 1.807) is 24.3 Å². The number of hydrogen-bond donors (Lipinski definition) is 0. The molecule has 3 rings (SSSR count). The van der Waals surface area contributed by atoms with Gasteiger partial charge in [0.1, 0.15) is 11.6 Å². The lowest BCUT2D eigenvalue weighted by molar-refractivity contribution is 0.0600. The number of ketones is 1. The van der Waals surface area contributed by atoms with Crippen molar-refractivity contribution in [1.29, 1.82) is 5.26 Å². The highest BCUT2D eigenvalue weighted by molar-refractivity contribution is 5.98. The topological polar surface area (TPSA) is 89.2 Å². The van der Waals surface area contributed by atoms with Gasteiger partial charge in [-0.25, -0.2) is 4.79 Å². The van der Waals surface area contributed by atoms with E-state index < -0.39 is 11.5 Å². The van der Waals surface area contributed by atoms with Gasteiger partial charge in [-0.15, -0.1) is 0 Å². The monoisotopic (exact) mass is 322 g/mol. The summed E-state index contributed by atoms with van der Waals surface area (Å²) in [6, 6.07) is 9.54. The molecule has 2 aromatic rings. The summed E-state index contributed by atoms with van der Waals surface area (Å²) < 4.78 is 6.05. The molecule has 6 nitrogen and oxygen atoms in total. The zero-order valence-corrected chi connectivity index (χ0v) is 13.0. The van der Waals surface area contributed by atoms with E-state index in [0.29, 0.717) is 41.8 Å². The number of pyridine rings is 1. The smallest absolute Gasteiger partial charge is 0.337 e. The maximum absolute atomic E-state index is 12.6. The average Bonchev–Trinajstić information content (AvgIpc) is 2.61. The number of methoxy groups -OCH3 is 1. The van der Waals surface area contributed by atoms with Crippen LogP contribution < -0.4 is 5.56 Å². The number of fused-ring (bicyclic) bond motifs is 1. The van der Waals surface area contributed by atoms with Gasteiger partial charge in [0, 0.05) is 23.4 Å². The van der Waals surface area contributed by atoms with Crippen molar-refractivity contribution in [3.63, 3.8) is 0 Å². The van der Waals surface area contributed by atoms with Gasteiger partial charge in [-0.05, 0) is 43.2 Å². The van der Waals surface area contributed by atoms with Crippen molar-refractivity contribution in [2.75, 3.05) is 7.11 Å². The highest BCUT2D eigenvalue weighted by Crippen LogP contribution is 2.23. The predicted octanol–water partition coefficient (Wildman–Crippen LogP) is 2.01. The summed E-state index contributed by atoms with van der Waals surface area (Å²) in [6.07, 6.45) is 1.66. The number of benzene rings is 1. The third-order valence-electron chi connectivity index (χ3n) is 4.09. The van der Waals surface area contributed by atoms with Gasteiger partial charge in [0.05, 0.1) is 12.7 Å². The van der Waals surface area contributed by atoms with Crippen LogP contribution in [0.2, 0.25) is 0 Å². The highest BCUT2D eigenvalue weighted by atomic mass is 16.5. The molecule has 0 aliphatic heterocycles. The Balaban J connectivity index is 2.22. The van der Waals surface area contributed by atoms with Crippen LogP contribution in [-0.2, 0) is 11.2 Å². The van der Waals surface area contributed by atoms with E-state index >= 15 is 0 Å². The second-order valence-electron chi connectivity index (χ2n) is 5.49. The number of carbonyl (C=O) groups excluding carboxylic acids is 2. The molecule has 0 radical (unpaired) electrons. The van der Waals surface area contributed by atoms with Crippen molar-refractivity contribution in [2.45, 2.75) is 19.3 Å².